The summed E-state index contributed by atoms with van der Waals surface area (Å²) in [6.45, 7) is 4.38. The number of hydrogen-bond acceptors (Lipinski definition) is 1. The van der Waals surface area contributed by atoms with Crippen LogP contribution in [0.2, 0.25) is 0 Å². The highest BCUT2D eigenvalue weighted by Crippen LogP contribution is 2.31. The third-order valence-electron chi connectivity index (χ3n) is 2.99. The summed E-state index contributed by atoms with van der Waals surface area (Å²) in [6, 6.07) is 0. The van der Waals surface area contributed by atoms with Gasteiger partial charge in [0.2, 0.25) is 5.91 Å². The Morgan fingerprint density at radius 1 is 1.46 bits per heavy atom. The van der Waals surface area contributed by atoms with Gasteiger partial charge in [-0.3, -0.25) is 4.79 Å². The van der Waals surface area contributed by atoms with Crippen molar-refractivity contribution in [2.75, 3.05) is 0 Å². The molecule has 1 aliphatic heterocycles. The predicted octanol–water partition coefficient (Wildman–Crippen LogP) is 2.14. The van der Waals surface area contributed by atoms with Crippen LogP contribution in [0.5, 0.6) is 0 Å². The molecule has 0 saturated carbocycles. The molecule has 0 aromatic rings. The summed E-state index contributed by atoms with van der Waals surface area (Å²) in [6.07, 6.45) is 4.81. The number of amides is 1. The van der Waals surface area contributed by atoms with Gasteiger partial charge in [0.05, 0.1) is 0 Å². The Hall–Kier alpha value is -1.05. The van der Waals surface area contributed by atoms with E-state index in [2.05, 4.69) is 25.2 Å². The van der Waals surface area contributed by atoms with Crippen LogP contribution in [0.25, 0.3) is 0 Å². The van der Waals surface area contributed by atoms with Gasteiger partial charge in [0.25, 0.3) is 0 Å². The number of carbonyl (C=O) groups is 1. The molecular formula is C11H15NO. The van der Waals surface area contributed by atoms with Crippen LogP contribution in [0.3, 0.4) is 0 Å². The summed E-state index contributed by atoms with van der Waals surface area (Å²) >= 11 is 0. The Bertz CT molecular complexity index is 312. The summed E-state index contributed by atoms with van der Waals surface area (Å²) in [5.74, 6) is 0.760. The van der Waals surface area contributed by atoms with E-state index in [0.717, 1.165) is 18.5 Å². The number of carbonyl (C=O) groups excluding carboxylic acids is 1. The van der Waals surface area contributed by atoms with E-state index in [1.807, 2.05) is 0 Å². The van der Waals surface area contributed by atoms with Crippen LogP contribution in [-0.4, -0.2) is 5.91 Å². The molecule has 2 nitrogen and oxygen atoms in total. The van der Waals surface area contributed by atoms with Crippen molar-refractivity contribution in [2.24, 2.45) is 5.92 Å². The van der Waals surface area contributed by atoms with E-state index >= 15 is 0 Å². The van der Waals surface area contributed by atoms with E-state index in [4.69, 9.17) is 0 Å². The molecule has 1 unspecified atom stereocenters. The largest absolute Gasteiger partial charge is 0.329 e. The van der Waals surface area contributed by atoms with Crippen LogP contribution in [0, 0.1) is 5.92 Å². The highest BCUT2D eigenvalue weighted by Gasteiger charge is 2.22. The molecule has 1 heterocycles. The Morgan fingerprint density at radius 2 is 2.23 bits per heavy atom. The lowest BCUT2D eigenvalue weighted by Gasteiger charge is -2.27. The Kier molecular flexibility index (Phi) is 1.98. The Morgan fingerprint density at radius 3 is 3.00 bits per heavy atom. The maximum atomic E-state index is 11.1. The van der Waals surface area contributed by atoms with Gasteiger partial charge < -0.3 is 5.32 Å². The highest BCUT2D eigenvalue weighted by atomic mass is 16.1. The second-order valence-corrected chi connectivity index (χ2v) is 4.05. The zero-order valence-electron chi connectivity index (χ0n) is 8.18. The van der Waals surface area contributed by atoms with Crippen molar-refractivity contribution in [1.29, 1.82) is 0 Å². The molecule has 0 radical (unpaired) electrons. The van der Waals surface area contributed by atoms with E-state index < -0.39 is 0 Å². The zero-order chi connectivity index (χ0) is 9.42. The van der Waals surface area contributed by atoms with Crippen LogP contribution in [0.4, 0.5) is 0 Å². The maximum Gasteiger partial charge on any atom is 0.224 e. The molecular weight excluding hydrogens is 162 g/mol. The van der Waals surface area contributed by atoms with Gasteiger partial charge >= 0.3 is 0 Å². The number of nitrogens with one attached hydrogen (secondary N) is 1. The molecule has 0 aromatic carbocycles. The van der Waals surface area contributed by atoms with Crippen LogP contribution >= 0.6 is 0 Å². The normalized spacial score (nSPS) is 28.0. The lowest BCUT2D eigenvalue weighted by Crippen LogP contribution is -2.30. The monoisotopic (exact) mass is 177 g/mol. The van der Waals surface area contributed by atoms with Crippen LogP contribution in [0.15, 0.2) is 22.9 Å². The van der Waals surface area contributed by atoms with Crippen LogP contribution < -0.4 is 5.32 Å². The van der Waals surface area contributed by atoms with Gasteiger partial charge in [-0.1, -0.05) is 18.6 Å². The molecule has 0 bridgehead atoms. The topological polar surface area (TPSA) is 29.1 Å². The average molecular weight is 177 g/mol. The van der Waals surface area contributed by atoms with Crippen LogP contribution in [-0.2, 0) is 4.79 Å². The molecule has 13 heavy (non-hydrogen) atoms. The van der Waals surface area contributed by atoms with Gasteiger partial charge in [-0.2, -0.15) is 0 Å². The summed E-state index contributed by atoms with van der Waals surface area (Å²) in [5.41, 5.74) is 3.94. The maximum absolute atomic E-state index is 11.1. The van der Waals surface area contributed by atoms with E-state index in [1.165, 1.54) is 11.1 Å². The standard InChI is InChI=1S/C11H15NO/c1-7-5-9-3-4-11(13)12-10(9)6-8(7)2/h5,8H,3-4,6H2,1-2H3,(H,12,13). The second-order valence-electron chi connectivity index (χ2n) is 4.05. The summed E-state index contributed by atoms with van der Waals surface area (Å²) in [4.78, 5) is 11.1. The first-order valence-corrected chi connectivity index (χ1v) is 4.87. The fourth-order valence-corrected chi connectivity index (χ4v) is 1.94. The minimum Gasteiger partial charge on any atom is -0.329 e. The second kappa shape index (κ2) is 3.02. The molecule has 1 N–H and O–H groups in total. The first kappa shape index (κ1) is 8.54. The van der Waals surface area contributed by atoms with Crippen molar-refractivity contribution in [1.82, 2.24) is 5.32 Å². The van der Waals surface area contributed by atoms with Crippen molar-refractivity contribution in [2.45, 2.75) is 33.1 Å². The van der Waals surface area contributed by atoms with Gasteiger partial charge in [-0.05, 0) is 31.3 Å². The average Bonchev–Trinajstić information content (AvgIpc) is 2.08. The predicted molar refractivity (Wildman–Crippen MR) is 51.9 cm³/mol. The molecule has 70 valence electrons. The quantitative estimate of drug-likeness (QED) is 0.603. The SMILES string of the molecule is CC1=CC2=C(CC1C)NC(=O)CC2. The first-order valence-electron chi connectivity index (χ1n) is 4.87. The van der Waals surface area contributed by atoms with E-state index in [9.17, 15) is 4.79 Å². The molecule has 2 aliphatic rings. The Balaban J connectivity index is 2.29. The molecule has 0 aromatic heterocycles. The van der Waals surface area contributed by atoms with E-state index in [0.29, 0.717) is 12.3 Å². The fourth-order valence-electron chi connectivity index (χ4n) is 1.94. The van der Waals surface area contributed by atoms with Gasteiger partial charge in [-0.15, -0.1) is 0 Å². The third kappa shape index (κ3) is 1.53. The van der Waals surface area contributed by atoms with Crippen molar-refractivity contribution >= 4 is 5.91 Å². The molecule has 0 fully saturated rings. The lowest BCUT2D eigenvalue weighted by molar-refractivity contribution is -0.120. The minimum atomic E-state index is 0.180. The van der Waals surface area contributed by atoms with Crippen molar-refractivity contribution < 1.29 is 4.79 Å². The number of hydrogen-bond donors (Lipinski definition) is 1. The van der Waals surface area contributed by atoms with Crippen molar-refractivity contribution in [3.8, 4) is 0 Å². The fraction of sp³-hybridized carbons (Fsp3) is 0.545. The van der Waals surface area contributed by atoms with E-state index in [-0.39, 0.29) is 5.91 Å². The summed E-state index contributed by atoms with van der Waals surface area (Å²) in [5, 5.41) is 2.97. The molecule has 2 rings (SSSR count). The molecule has 1 atom stereocenters. The summed E-state index contributed by atoms with van der Waals surface area (Å²) in [7, 11) is 0. The molecule has 1 aliphatic carbocycles. The van der Waals surface area contributed by atoms with Crippen molar-refractivity contribution in [3.63, 3.8) is 0 Å². The van der Waals surface area contributed by atoms with Crippen LogP contribution in [0.1, 0.15) is 33.1 Å². The molecule has 1 amide bonds. The third-order valence-corrected chi connectivity index (χ3v) is 2.99. The van der Waals surface area contributed by atoms with Gasteiger partial charge in [-0.25, -0.2) is 0 Å². The van der Waals surface area contributed by atoms with Gasteiger partial charge in [0.15, 0.2) is 0 Å². The molecule has 2 heteroatoms. The minimum absolute atomic E-state index is 0.180. The lowest BCUT2D eigenvalue weighted by atomic mass is 9.85. The zero-order valence-corrected chi connectivity index (χ0v) is 8.18. The van der Waals surface area contributed by atoms with Gasteiger partial charge in [0, 0.05) is 12.1 Å². The van der Waals surface area contributed by atoms with Crippen molar-refractivity contribution in [3.05, 3.63) is 22.9 Å². The highest BCUT2D eigenvalue weighted by molar-refractivity contribution is 5.80. The number of allylic oxidation sites excluding steroid dienone is 4. The Labute approximate surface area is 78.7 Å². The van der Waals surface area contributed by atoms with E-state index in [1.54, 1.807) is 0 Å². The summed E-state index contributed by atoms with van der Waals surface area (Å²) < 4.78 is 0. The molecule has 0 saturated heterocycles. The van der Waals surface area contributed by atoms with Gasteiger partial charge in [0.1, 0.15) is 0 Å². The first-order chi connectivity index (χ1) is 6.16. The smallest absolute Gasteiger partial charge is 0.224 e. The molecule has 0 spiro atoms. The number of rotatable bonds is 0.